The molecule has 0 atom stereocenters. The molecule has 3 aromatic carbocycles. The highest BCUT2D eigenvalue weighted by Gasteiger charge is 2.12. The number of aryl methyl sites for hydroxylation is 1. The number of imidazole rings is 1. The SMILES string of the molecule is C=CCc1ccccc1OCc1nc2ccccc2n1Cc1ccc(C)cc1. The molecule has 4 aromatic rings. The maximum Gasteiger partial charge on any atom is 0.148 e. The van der Waals surface area contributed by atoms with Gasteiger partial charge in [-0.25, -0.2) is 4.98 Å². The molecule has 3 heteroatoms. The van der Waals surface area contributed by atoms with Crippen molar-refractivity contribution in [2.75, 3.05) is 0 Å². The van der Waals surface area contributed by atoms with Crippen LogP contribution in [0.3, 0.4) is 0 Å². The molecule has 0 saturated heterocycles. The minimum Gasteiger partial charge on any atom is -0.485 e. The van der Waals surface area contributed by atoms with Crippen molar-refractivity contribution >= 4 is 11.0 Å². The highest BCUT2D eigenvalue weighted by atomic mass is 16.5. The van der Waals surface area contributed by atoms with Crippen molar-refractivity contribution in [3.05, 3.63) is 108 Å². The Morgan fingerprint density at radius 2 is 1.71 bits per heavy atom. The molecule has 0 bridgehead atoms. The average Bonchev–Trinajstić information content (AvgIpc) is 3.07. The zero-order valence-corrected chi connectivity index (χ0v) is 16.1. The Kier molecular flexibility index (Phi) is 5.24. The second-order valence-electron chi connectivity index (χ2n) is 6.98. The standard InChI is InChI=1S/C25H24N2O/c1-3-8-21-9-4-7-12-24(21)28-18-25-26-22-10-5-6-11-23(22)27(25)17-20-15-13-19(2)14-16-20/h3-7,9-16H,1,8,17-18H2,2H3. The molecule has 0 aliphatic rings. The van der Waals surface area contributed by atoms with Crippen LogP contribution in [0.1, 0.15) is 22.5 Å². The van der Waals surface area contributed by atoms with E-state index in [1.54, 1.807) is 0 Å². The Morgan fingerprint density at radius 1 is 0.964 bits per heavy atom. The highest BCUT2D eigenvalue weighted by Crippen LogP contribution is 2.23. The second-order valence-corrected chi connectivity index (χ2v) is 6.98. The van der Waals surface area contributed by atoms with Crippen molar-refractivity contribution in [2.45, 2.75) is 26.5 Å². The van der Waals surface area contributed by atoms with Gasteiger partial charge in [0.1, 0.15) is 18.2 Å². The summed E-state index contributed by atoms with van der Waals surface area (Å²) in [6, 6.07) is 25.0. The van der Waals surface area contributed by atoms with E-state index in [1.165, 1.54) is 11.1 Å². The molecular formula is C25H24N2O. The van der Waals surface area contributed by atoms with Crippen LogP contribution in [0, 0.1) is 6.92 Å². The lowest BCUT2D eigenvalue weighted by Gasteiger charge is -2.13. The molecule has 1 aromatic heterocycles. The van der Waals surface area contributed by atoms with Gasteiger partial charge in [0.15, 0.2) is 0 Å². The van der Waals surface area contributed by atoms with E-state index in [9.17, 15) is 0 Å². The van der Waals surface area contributed by atoms with Gasteiger partial charge in [-0.05, 0) is 42.7 Å². The van der Waals surface area contributed by atoms with Crippen molar-refractivity contribution in [3.63, 3.8) is 0 Å². The first-order valence-corrected chi connectivity index (χ1v) is 9.56. The normalized spacial score (nSPS) is 10.9. The van der Waals surface area contributed by atoms with E-state index >= 15 is 0 Å². The Labute approximate surface area is 165 Å². The summed E-state index contributed by atoms with van der Waals surface area (Å²) in [7, 11) is 0. The summed E-state index contributed by atoms with van der Waals surface area (Å²) in [5.74, 6) is 1.81. The number of nitrogens with zero attached hydrogens (tertiary/aromatic N) is 2. The Bertz CT molecular complexity index is 1090. The van der Waals surface area contributed by atoms with Gasteiger partial charge in [0.25, 0.3) is 0 Å². The quantitative estimate of drug-likeness (QED) is 0.391. The van der Waals surface area contributed by atoms with Crippen LogP contribution in [0.4, 0.5) is 0 Å². The second kappa shape index (κ2) is 8.13. The van der Waals surface area contributed by atoms with Crippen LogP contribution in [-0.2, 0) is 19.6 Å². The topological polar surface area (TPSA) is 27.1 Å². The number of para-hydroxylation sites is 3. The molecule has 0 radical (unpaired) electrons. The summed E-state index contributed by atoms with van der Waals surface area (Å²) in [6.07, 6.45) is 2.69. The van der Waals surface area contributed by atoms with Gasteiger partial charge in [0.05, 0.1) is 11.0 Å². The molecule has 0 unspecified atom stereocenters. The van der Waals surface area contributed by atoms with Gasteiger partial charge in [-0.15, -0.1) is 6.58 Å². The van der Waals surface area contributed by atoms with Crippen LogP contribution >= 0.6 is 0 Å². The molecule has 0 spiro atoms. The van der Waals surface area contributed by atoms with Crippen molar-refractivity contribution in [1.82, 2.24) is 9.55 Å². The predicted octanol–water partition coefficient (Wildman–Crippen LogP) is 5.70. The van der Waals surface area contributed by atoms with Gasteiger partial charge in [-0.2, -0.15) is 0 Å². The highest BCUT2D eigenvalue weighted by molar-refractivity contribution is 5.76. The van der Waals surface area contributed by atoms with E-state index in [4.69, 9.17) is 9.72 Å². The van der Waals surface area contributed by atoms with Gasteiger partial charge >= 0.3 is 0 Å². The molecule has 1 heterocycles. The number of ether oxygens (including phenoxy) is 1. The Balaban J connectivity index is 1.65. The lowest BCUT2D eigenvalue weighted by molar-refractivity contribution is 0.289. The smallest absolute Gasteiger partial charge is 0.148 e. The third-order valence-corrected chi connectivity index (χ3v) is 4.89. The van der Waals surface area contributed by atoms with E-state index in [2.05, 4.69) is 66.6 Å². The predicted molar refractivity (Wildman–Crippen MR) is 115 cm³/mol. The fourth-order valence-electron chi connectivity index (χ4n) is 3.40. The molecule has 28 heavy (non-hydrogen) atoms. The summed E-state index contributed by atoms with van der Waals surface area (Å²) in [6.45, 7) is 7.14. The molecule has 140 valence electrons. The lowest BCUT2D eigenvalue weighted by Crippen LogP contribution is -2.09. The number of hydrogen-bond donors (Lipinski definition) is 0. The summed E-state index contributed by atoms with van der Waals surface area (Å²) >= 11 is 0. The number of hydrogen-bond acceptors (Lipinski definition) is 2. The van der Waals surface area contributed by atoms with E-state index < -0.39 is 0 Å². The molecule has 0 amide bonds. The first kappa shape index (κ1) is 18.1. The van der Waals surface area contributed by atoms with Crippen molar-refractivity contribution in [1.29, 1.82) is 0 Å². The number of benzene rings is 3. The summed E-state index contributed by atoms with van der Waals surface area (Å²) < 4.78 is 8.42. The zero-order valence-electron chi connectivity index (χ0n) is 16.1. The summed E-state index contributed by atoms with van der Waals surface area (Å²) in [5, 5.41) is 0. The molecule has 0 fully saturated rings. The van der Waals surface area contributed by atoms with E-state index in [1.807, 2.05) is 30.3 Å². The fourth-order valence-corrected chi connectivity index (χ4v) is 3.40. The van der Waals surface area contributed by atoms with E-state index in [0.29, 0.717) is 6.61 Å². The monoisotopic (exact) mass is 368 g/mol. The summed E-state index contributed by atoms with van der Waals surface area (Å²) in [5.41, 5.74) is 5.77. The van der Waals surface area contributed by atoms with Crippen molar-refractivity contribution < 1.29 is 4.74 Å². The van der Waals surface area contributed by atoms with E-state index in [-0.39, 0.29) is 0 Å². The van der Waals surface area contributed by atoms with Crippen LogP contribution < -0.4 is 4.74 Å². The van der Waals surface area contributed by atoms with Crippen LogP contribution in [0.5, 0.6) is 5.75 Å². The van der Waals surface area contributed by atoms with Crippen molar-refractivity contribution in [3.8, 4) is 5.75 Å². The first-order chi connectivity index (χ1) is 13.7. The number of rotatable bonds is 7. The molecule has 3 nitrogen and oxygen atoms in total. The molecule has 0 aliphatic heterocycles. The van der Waals surface area contributed by atoms with Gasteiger partial charge in [-0.3, -0.25) is 0 Å². The molecule has 0 saturated carbocycles. The van der Waals surface area contributed by atoms with Crippen LogP contribution in [-0.4, -0.2) is 9.55 Å². The minimum absolute atomic E-state index is 0.425. The third kappa shape index (κ3) is 3.84. The van der Waals surface area contributed by atoms with Crippen molar-refractivity contribution in [2.24, 2.45) is 0 Å². The van der Waals surface area contributed by atoms with Crippen LogP contribution in [0.15, 0.2) is 85.5 Å². The maximum atomic E-state index is 6.17. The largest absolute Gasteiger partial charge is 0.485 e. The van der Waals surface area contributed by atoms with Gasteiger partial charge in [0, 0.05) is 6.54 Å². The number of allylic oxidation sites excluding steroid dienone is 1. The van der Waals surface area contributed by atoms with Gasteiger partial charge in [-0.1, -0.05) is 66.2 Å². The molecule has 0 N–H and O–H groups in total. The Morgan fingerprint density at radius 3 is 2.54 bits per heavy atom. The average molecular weight is 368 g/mol. The number of aromatic nitrogens is 2. The molecule has 0 aliphatic carbocycles. The maximum absolute atomic E-state index is 6.17. The van der Waals surface area contributed by atoms with Crippen LogP contribution in [0.2, 0.25) is 0 Å². The van der Waals surface area contributed by atoms with E-state index in [0.717, 1.165) is 41.1 Å². The lowest BCUT2D eigenvalue weighted by atomic mass is 10.1. The minimum atomic E-state index is 0.425. The van der Waals surface area contributed by atoms with Gasteiger partial charge < -0.3 is 9.30 Å². The first-order valence-electron chi connectivity index (χ1n) is 9.56. The number of fused-ring (bicyclic) bond motifs is 1. The van der Waals surface area contributed by atoms with Gasteiger partial charge in [0.2, 0.25) is 0 Å². The third-order valence-electron chi connectivity index (χ3n) is 4.89. The molecular weight excluding hydrogens is 344 g/mol. The zero-order chi connectivity index (χ0) is 19.3. The van der Waals surface area contributed by atoms with Crippen LogP contribution in [0.25, 0.3) is 11.0 Å². The Hall–Kier alpha value is -3.33. The fraction of sp³-hybridized carbons (Fsp3) is 0.160. The summed E-state index contributed by atoms with van der Waals surface area (Å²) in [4.78, 5) is 4.83. The molecule has 4 rings (SSSR count).